The van der Waals surface area contributed by atoms with E-state index in [1.54, 1.807) is 12.1 Å². The first-order valence-corrected chi connectivity index (χ1v) is 7.63. The third-order valence-corrected chi connectivity index (χ3v) is 4.15. The van der Waals surface area contributed by atoms with Gasteiger partial charge in [-0.3, -0.25) is 4.79 Å². The Morgan fingerprint density at radius 2 is 1.79 bits per heavy atom. The molecule has 3 nitrogen and oxygen atoms in total. The Morgan fingerprint density at radius 1 is 1.12 bits per heavy atom. The van der Waals surface area contributed by atoms with Gasteiger partial charge in [-0.15, -0.1) is 13.2 Å². The molecule has 0 radical (unpaired) electrons. The molecule has 1 saturated carbocycles. The second kappa shape index (κ2) is 6.36. The zero-order valence-electron chi connectivity index (χ0n) is 12.3. The summed E-state index contributed by atoms with van der Waals surface area (Å²) in [4.78, 5) is 12.3. The molecule has 1 aliphatic rings. The summed E-state index contributed by atoms with van der Waals surface area (Å²) in [5.74, 6) is -1.12. The molecule has 7 heteroatoms. The molecule has 0 aliphatic heterocycles. The first kappa shape index (κ1) is 16.6. The molecule has 24 heavy (non-hydrogen) atoms. The van der Waals surface area contributed by atoms with Gasteiger partial charge in [-0.05, 0) is 36.1 Å². The lowest BCUT2D eigenvalue weighted by Crippen LogP contribution is -2.20. The molecule has 2 atom stereocenters. The van der Waals surface area contributed by atoms with Crippen molar-refractivity contribution in [1.82, 2.24) is 0 Å². The highest BCUT2D eigenvalue weighted by molar-refractivity contribution is 6.31. The van der Waals surface area contributed by atoms with Crippen LogP contribution in [0.4, 0.5) is 18.9 Å². The molecule has 0 heterocycles. The Balaban J connectivity index is 1.70. The molecular weight excluding hydrogens is 343 g/mol. The second-order valence-corrected chi connectivity index (χ2v) is 5.91. The number of benzene rings is 2. The standard InChI is InChI=1S/C17H13ClF3NO2/c18-13-6-2-1-5-10(13)11-9-12(11)16(23)22-14-7-3-4-8-15(14)24-17(19,20)21/h1-8,11-12H,9H2,(H,22,23). The fourth-order valence-electron chi connectivity index (χ4n) is 2.61. The molecule has 0 saturated heterocycles. The van der Waals surface area contributed by atoms with Crippen molar-refractivity contribution < 1.29 is 22.7 Å². The Kier molecular flexibility index (Phi) is 4.41. The van der Waals surface area contributed by atoms with E-state index in [0.717, 1.165) is 11.6 Å². The van der Waals surface area contributed by atoms with E-state index in [9.17, 15) is 18.0 Å². The molecule has 0 spiro atoms. The summed E-state index contributed by atoms with van der Waals surface area (Å²) in [6, 6.07) is 12.7. The van der Waals surface area contributed by atoms with Crippen molar-refractivity contribution in [3.05, 3.63) is 59.1 Å². The van der Waals surface area contributed by atoms with Gasteiger partial charge in [0.15, 0.2) is 5.75 Å². The number of nitrogens with one attached hydrogen (secondary N) is 1. The summed E-state index contributed by atoms with van der Waals surface area (Å²) in [7, 11) is 0. The summed E-state index contributed by atoms with van der Waals surface area (Å²) in [5, 5.41) is 3.09. The highest BCUT2D eigenvalue weighted by atomic mass is 35.5. The molecule has 2 aromatic rings. The van der Waals surface area contributed by atoms with Gasteiger partial charge in [-0.2, -0.15) is 0 Å². The summed E-state index contributed by atoms with van der Waals surface area (Å²) in [6.07, 6.45) is -4.21. The van der Waals surface area contributed by atoms with Crippen LogP contribution >= 0.6 is 11.6 Å². The van der Waals surface area contributed by atoms with Crippen molar-refractivity contribution in [3.63, 3.8) is 0 Å². The smallest absolute Gasteiger partial charge is 0.404 e. The summed E-state index contributed by atoms with van der Waals surface area (Å²) >= 11 is 6.11. The quantitative estimate of drug-likeness (QED) is 0.840. The first-order valence-electron chi connectivity index (χ1n) is 7.25. The summed E-state index contributed by atoms with van der Waals surface area (Å²) in [5.41, 5.74) is 0.865. The number of carbonyl (C=O) groups is 1. The van der Waals surface area contributed by atoms with Crippen LogP contribution in [0.1, 0.15) is 17.9 Å². The average Bonchev–Trinajstić information content (AvgIpc) is 3.29. The second-order valence-electron chi connectivity index (χ2n) is 5.50. The van der Waals surface area contributed by atoms with Crippen molar-refractivity contribution in [2.75, 3.05) is 5.32 Å². The van der Waals surface area contributed by atoms with Crippen LogP contribution in [-0.2, 0) is 4.79 Å². The van der Waals surface area contributed by atoms with Crippen molar-refractivity contribution >= 4 is 23.2 Å². The lowest BCUT2D eigenvalue weighted by Gasteiger charge is -2.13. The van der Waals surface area contributed by atoms with Gasteiger partial charge in [-0.25, -0.2) is 0 Å². The highest BCUT2D eigenvalue weighted by Crippen LogP contribution is 2.50. The van der Waals surface area contributed by atoms with E-state index in [2.05, 4.69) is 10.1 Å². The van der Waals surface area contributed by atoms with Crippen LogP contribution < -0.4 is 10.1 Å². The van der Waals surface area contributed by atoms with Crippen LogP contribution in [0, 0.1) is 5.92 Å². The molecule has 2 unspecified atom stereocenters. The molecule has 1 aliphatic carbocycles. The largest absolute Gasteiger partial charge is 0.573 e. The minimum Gasteiger partial charge on any atom is -0.404 e. The zero-order valence-corrected chi connectivity index (χ0v) is 13.1. The SMILES string of the molecule is O=C(Nc1ccccc1OC(F)(F)F)C1CC1c1ccccc1Cl. The number of halogens is 4. The minimum atomic E-state index is -4.82. The Labute approximate surface area is 141 Å². The topological polar surface area (TPSA) is 38.3 Å². The van der Waals surface area contributed by atoms with Crippen molar-refractivity contribution in [2.45, 2.75) is 18.7 Å². The van der Waals surface area contributed by atoms with E-state index >= 15 is 0 Å². The molecule has 2 aromatic carbocycles. The number of para-hydroxylation sites is 2. The van der Waals surface area contributed by atoms with E-state index in [1.807, 2.05) is 12.1 Å². The lowest BCUT2D eigenvalue weighted by atomic mass is 10.1. The van der Waals surface area contributed by atoms with Crippen LogP contribution in [-0.4, -0.2) is 12.3 Å². The molecule has 1 amide bonds. The van der Waals surface area contributed by atoms with E-state index in [1.165, 1.54) is 18.2 Å². The maximum Gasteiger partial charge on any atom is 0.573 e. The Morgan fingerprint density at radius 3 is 2.50 bits per heavy atom. The monoisotopic (exact) mass is 355 g/mol. The van der Waals surface area contributed by atoms with E-state index in [-0.39, 0.29) is 23.4 Å². The molecule has 0 aromatic heterocycles. The summed E-state index contributed by atoms with van der Waals surface area (Å²) in [6.45, 7) is 0. The maximum absolute atomic E-state index is 12.4. The molecule has 1 N–H and O–H groups in total. The van der Waals surface area contributed by atoms with E-state index in [4.69, 9.17) is 11.6 Å². The fourth-order valence-corrected chi connectivity index (χ4v) is 2.89. The summed E-state index contributed by atoms with van der Waals surface area (Å²) < 4.78 is 41.2. The van der Waals surface area contributed by atoms with Gasteiger partial charge in [0, 0.05) is 10.9 Å². The average molecular weight is 356 g/mol. The van der Waals surface area contributed by atoms with Gasteiger partial charge >= 0.3 is 6.36 Å². The predicted molar refractivity (Wildman–Crippen MR) is 84.1 cm³/mol. The van der Waals surface area contributed by atoms with Gasteiger partial charge in [0.2, 0.25) is 5.91 Å². The van der Waals surface area contributed by atoms with E-state index in [0.29, 0.717) is 11.4 Å². The van der Waals surface area contributed by atoms with Crippen LogP contribution in [0.3, 0.4) is 0 Å². The van der Waals surface area contributed by atoms with Crippen LogP contribution in [0.25, 0.3) is 0 Å². The molecule has 1 fully saturated rings. The molecule has 3 rings (SSSR count). The van der Waals surface area contributed by atoms with Crippen molar-refractivity contribution in [1.29, 1.82) is 0 Å². The number of carbonyl (C=O) groups excluding carboxylic acids is 1. The predicted octanol–water partition coefficient (Wildman–Crippen LogP) is 4.98. The fraction of sp³-hybridized carbons (Fsp3) is 0.235. The highest BCUT2D eigenvalue weighted by Gasteiger charge is 2.45. The first-order chi connectivity index (χ1) is 11.3. The number of rotatable bonds is 4. The molecular formula is C17H13ClF3NO2. The third-order valence-electron chi connectivity index (χ3n) is 3.80. The zero-order chi connectivity index (χ0) is 17.3. The van der Waals surface area contributed by atoms with Gasteiger partial charge in [-0.1, -0.05) is 41.9 Å². The number of amides is 1. The number of hydrogen-bond donors (Lipinski definition) is 1. The number of hydrogen-bond acceptors (Lipinski definition) is 2. The van der Waals surface area contributed by atoms with Gasteiger partial charge in [0.1, 0.15) is 0 Å². The maximum atomic E-state index is 12.4. The van der Waals surface area contributed by atoms with Gasteiger partial charge < -0.3 is 10.1 Å². The normalized spacial score (nSPS) is 19.7. The number of anilines is 1. The van der Waals surface area contributed by atoms with Crippen molar-refractivity contribution in [3.8, 4) is 5.75 Å². The van der Waals surface area contributed by atoms with Crippen molar-refractivity contribution in [2.24, 2.45) is 5.92 Å². The van der Waals surface area contributed by atoms with E-state index < -0.39 is 12.1 Å². The number of alkyl halides is 3. The van der Waals surface area contributed by atoms with Crippen LogP contribution in [0.5, 0.6) is 5.75 Å². The minimum absolute atomic E-state index is 0.00960. The van der Waals surface area contributed by atoms with Crippen LogP contribution in [0.15, 0.2) is 48.5 Å². The number of ether oxygens (including phenoxy) is 1. The Bertz CT molecular complexity index is 763. The lowest BCUT2D eigenvalue weighted by molar-refractivity contribution is -0.274. The van der Waals surface area contributed by atoms with Gasteiger partial charge in [0.05, 0.1) is 5.69 Å². The third kappa shape index (κ3) is 3.82. The molecule has 0 bridgehead atoms. The van der Waals surface area contributed by atoms with Crippen LogP contribution in [0.2, 0.25) is 5.02 Å². The Hall–Kier alpha value is -2.21. The molecule has 126 valence electrons. The van der Waals surface area contributed by atoms with Gasteiger partial charge in [0.25, 0.3) is 0 Å².